The lowest BCUT2D eigenvalue weighted by Crippen LogP contribution is -2.55. The van der Waals surface area contributed by atoms with Gasteiger partial charge >= 0.3 is 6.18 Å². The molecule has 2 atom stereocenters. The van der Waals surface area contributed by atoms with Gasteiger partial charge in [-0.15, -0.1) is 0 Å². The largest absolute Gasteiger partial charge is 0.416 e. The first kappa shape index (κ1) is 27.2. The third-order valence-electron chi connectivity index (χ3n) is 6.43. The second kappa shape index (κ2) is 11.5. The molecule has 0 radical (unpaired) electrons. The first-order chi connectivity index (χ1) is 17.0. The third kappa shape index (κ3) is 6.83. The van der Waals surface area contributed by atoms with Crippen LogP contribution in [-0.4, -0.2) is 47.8 Å². The van der Waals surface area contributed by atoms with E-state index in [1.165, 1.54) is 17.0 Å². The Morgan fingerprint density at radius 3 is 2.03 bits per heavy atom. The van der Waals surface area contributed by atoms with E-state index < -0.39 is 35.4 Å². The molecule has 2 N–H and O–H groups in total. The van der Waals surface area contributed by atoms with Gasteiger partial charge in [0.1, 0.15) is 11.9 Å². The molecule has 0 saturated carbocycles. The van der Waals surface area contributed by atoms with E-state index in [-0.39, 0.29) is 42.1 Å². The number of nitrogens with one attached hydrogen (secondary N) is 2. The van der Waals surface area contributed by atoms with Gasteiger partial charge in [-0.25, -0.2) is 4.39 Å². The summed E-state index contributed by atoms with van der Waals surface area (Å²) in [4.78, 5) is 40.1. The molecule has 0 spiro atoms. The minimum Gasteiger partial charge on any atom is -0.352 e. The fourth-order valence-electron chi connectivity index (χ4n) is 4.08. The highest BCUT2D eigenvalue weighted by Gasteiger charge is 2.35. The van der Waals surface area contributed by atoms with Crippen molar-refractivity contribution in [3.8, 4) is 0 Å². The normalized spacial score (nSPS) is 16.2. The molecular formula is C26H29F4N3O3. The van der Waals surface area contributed by atoms with Crippen LogP contribution >= 0.6 is 0 Å². The lowest BCUT2D eigenvalue weighted by molar-refractivity contribution is -0.137. The molecule has 1 aliphatic rings. The van der Waals surface area contributed by atoms with E-state index >= 15 is 0 Å². The van der Waals surface area contributed by atoms with Crippen LogP contribution in [0.4, 0.5) is 17.6 Å². The average Bonchev–Trinajstić information content (AvgIpc) is 2.86. The Morgan fingerprint density at radius 1 is 0.944 bits per heavy atom. The maximum absolute atomic E-state index is 13.2. The molecule has 1 heterocycles. The number of carbonyl (C=O) groups is 3. The van der Waals surface area contributed by atoms with Crippen molar-refractivity contribution in [2.75, 3.05) is 13.1 Å². The van der Waals surface area contributed by atoms with Crippen molar-refractivity contribution in [3.63, 3.8) is 0 Å². The van der Waals surface area contributed by atoms with Crippen molar-refractivity contribution in [2.45, 2.75) is 51.4 Å². The number of likely N-dealkylation sites (tertiary alicyclic amines) is 1. The van der Waals surface area contributed by atoms with E-state index in [1.807, 2.05) is 13.8 Å². The number of amides is 3. The molecule has 0 bridgehead atoms. The molecule has 1 aliphatic heterocycles. The van der Waals surface area contributed by atoms with Crippen molar-refractivity contribution >= 4 is 17.7 Å². The Hall–Kier alpha value is -3.43. The second-order valence-corrected chi connectivity index (χ2v) is 8.98. The summed E-state index contributed by atoms with van der Waals surface area (Å²) in [6, 6.07) is 8.08. The van der Waals surface area contributed by atoms with Crippen LogP contribution in [0.5, 0.6) is 0 Å². The average molecular weight is 508 g/mol. The zero-order valence-electron chi connectivity index (χ0n) is 20.1. The molecular weight excluding hydrogens is 478 g/mol. The number of alkyl halides is 3. The van der Waals surface area contributed by atoms with E-state index in [0.29, 0.717) is 19.3 Å². The maximum Gasteiger partial charge on any atom is 0.416 e. The standard InChI is InChI=1S/C26H29F4N3O3/c1-3-16(2)31-24(35)22(32-23(34)18-6-10-21(27)11-7-18)17-12-14-33(15-13-17)25(36)19-4-8-20(9-5-19)26(28,29)30/h4-11,16-17,22H,3,12-15H2,1-2H3,(H,31,35)(H,32,34). The summed E-state index contributed by atoms with van der Waals surface area (Å²) in [5.74, 6) is -1.99. The monoisotopic (exact) mass is 507 g/mol. The molecule has 36 heavy (non-hydrogen) atoms. The lowest BCUT2D eigenvalue weighted by atomic mass is 9.88. The fraction of sp³-hybridized carbons (Fsp3) is 0.423. The van der Waals surface area contributed by atoms with Crippen LogP contribution < -0.4 is 10.6 Å². The number of hydrogen-bond acceptors (Lipinski definition) is 3. The number of piperidine rings is 1. The van der Waals surface area contributed by atoms with Gasteiger partial charge in [-0.3, -0.25) is 14.4 Å². The van der Waals surface area contributed by atoms with Gasteiger partial charge in [-0.2, -0.15) is 13.2 Å². The molecule has 0 aliphatic carbocycles. The van der Waals surface area contributed by atoms with Crippen LogP contribution in [0.3, 0.4) is 0 Å². The molecule has 2 unspecified atom stereocenters. The maximum atomic E-state index is 13.2. The minimum absolute atomic E-state index is 0.107. The van der Waals surface area contributed by atoms with Crippen LogP contribution in [0.15, 0.2) is 48.5 Å². The second-order valence-electron chi connectivity index (χ2n) is 8.98. The van der Waals surface area contributed by atoms with Crippen molar-refractivity contribution in [2.24, 2.45) is 5.92 Å². The Morgan fingerprint density at radius 2 is 1.50 bits per heavy atom. The van der Waals surface area contributed by atoms with Crippen LogP contribution in [0.1, 0.15) is 59.4 Å². The van der Waals surface area contributed by atoms with Gasteiger partial charge in [0.05, 0.1) is 5.56 Å². The number of hydrogen-bond donors (Lipinski definition) is 2. The van der Waals surface area contributed by atoms with Gasteiger partial charge in [-0.05, 0) is 80.6 Å². The molecule has 2 aromatic rings. The van der Waals surface area contributed by atoms with Crippen molar-refractivity contribution < 1.29 is 31.9 Å². The molecule has 2 aromatic carbocycles. The smallest absolute Gasteiger partial charge is 0.352 e. The predicted octanol–water partition coefficient (Wildman–Crippen LogP) is 4.41. The molecule has 10 heteroatoms. The predicted molar refractivity (Wildman–Crippen MR) is 126 cm³/mol. The Balaban J connectivity index is 1.68. The Kier molecular flexibility index (Phi) is 8.70. The molecule has 1 saturated heterocycles. The van der Waals surface area contributed by atoms with Crippen molar-refractivity contribution in [3.05, 3.63) is 71.0 Å². The zero-order valence-corrected chi connectivity index (χ0v) is 20.1. The van der Waals surface area contributed by atoms with Crippen LogP contribution in [0.2, 0.25) is 0 Å². The van der Waals surface area contributed by atoms with Crippen molar-refractivity contribution in [1.82, 2.24) is 15.5 Å². The summed E-state index contributed by atoms with van der Waals surface area (Å²) in [7, 11) is 0. The highest BCUT2D eigenvalue weighted by Crippen LogP contribution is 2.29. The molecule has 0 aromatic heterocycles. The first-order valence-electron chi connectivity index (χ1n) is 11.8. The number of nitrogens with zero attached hydrogens (tertiary/aromatic N) is 1. The van der Waals surface area contributed by atoms with E-state index in [9.17, 15) is 31.9 Å². The summed E-state index contributed by atoms with van der Waals surface area (Å²) in [6.45, 7) is 4.33. The van der Waals surface area contributed by atoms with E-state index in [1.54, 1.807) is 0 Å². The Bertz CT molecular complexity index is 1060. The highest BCUT2D eigenvalue weighted by atomic mass is 19.4. The summed E-state index contributed by atoms with van der Waals surface area (Å²) in [6.07, 6.45) is -2.96. The fourth-order valence-corrected chi connectivity index (χ4v) is 4.08. The number of benzene rings is 2. The van der Waals surface area contributed by atoms with Gasteiger partial charge in [0, 0.05) is 30.3 Å². The van der Waals surface area contributed by atoms with E-state index in [2.05, 4.69) is 10.6 Å². The summed E-state index contributed by atoms with van der Waals surface area (Å²) in [5.41, 5.74) is -0.463. The topological polar surface area (TPSA) is 78.5 Å². The van der Waals surface area contributed by atoms with Gasteiger partial charge in [0.2, 0.25) is 5.91 Å². The van der Waals surface area contributed by atoms with Gasteiger partial charge in [-0.1, -0.05) is 6.92 Å². The number of rotatable bonds is 7. The van der Waals surface area contributed by atoms with E-state index in [4.69, 9.17) is 0 Å². The molecule has 3 amide bonds. The van der Waals surface area contributed by atoms with Crippen LogP contribution in [-0.2, 0) is 11.0 Å². The quantitative estimate of drug-likeness (QED) is 0.545. The molecule has 194 valence electrons. The van der Waals surface area contributed by atoms with E-state index in [0.717, 1.165) is 36.4 Å². The SMILES string of the molecule is CCC(C)NC(=O)C(NC(=O)c1ccc(F)cc1)C1CCN(C(=O)c2ccc(C(F)(F)F)cc2)CC1. The van der Waals surface area contributed by atoms with Crippen LogP contribution in [0, 0.1) is 11.7 Å². The minimum atomic E-state index is -4.48. The van der Waals surface area contributed by atoms with Crippen LogP contribution in [0.25, 0.3) is 0 Å². The summed E-state index contributed by atoms with van der Waals surface area (Å²) >= 11 is 0. The zero-order chi connectivity index (χ0) is 26.5. The third-order valence-corrected chi connectivity index (χ3v) is 6.43. The van der Waals surface area contributed by atoms with Crippen molar-refractivity contribution in [1.29, 1.82) is 0 Å². The van der Waals surface area contributed by atoms with Gasteiger partial charge in [0.15, 0.2) is 0 Å². The van der Waals surface area contributed by atoms with Gasteiger partial charge in [0.25, 0.3) is 11.8 Å². The molecule has 6 nitrogen and oxygen atoms in total. The van der Waals surface area contributed by atoms with Gasteiger partial charge < -0.3 is 15.5 Å². The summed E-state index contributed by atoms with van der Waals surface area (Å²) < 4.78 is 51.6. The molecule has 1 fully saturated rings. The Labute approximate surface area is 207 Å². The number of halogens is 4. The summed E-state index contributed by atoms with van der Waals surface area (Å²) in [5, 5.41) is 5.65. The number of carbonyl (C=O) groups excluding carboxylic acids is 3. The lowest BCUT2D eigenvalue weighted by Gasteiger charge is -2.36. The highest BCUT2D eigenvalue weighted by molar-refractivity contribution is 5.97. The first-order valence-corrected chi connectivity index (χ1v) is 11.8. The molecule has 3 rings (SSSR count).